The zero-order chi connectivity index (χ0) is 21.4. The van der Waals surface area contributed by atoms with Crippen LogP contribution in [0.25, 0.3) is 11.3 Å². The van der Waals surface area contributed by atoms with Crippen LogP contribution in [0.1, 0.15) is 40.2 Å². The first-order chi connectivity index (χ1) is 15.1. The summed E-state index contributed by atoms with van der Waals surface area (Å²) in [7, 11) is 0. The highest BCUT2D eigenvalue weighted by Crippen LogP contribution is 2.32. The fourth-order valence-corrected chi connectivity index (χ4v) is 4.18. The van der Waals surface area contributed by atoms with Crippen LogP contribution in [-0.4, -0.2) is 45.2 Å². The lowest BCUT2D eigenvalue weighted by atomic mass is 10.0. The van der Waals surface area contributed by atoms with E-state index < -0.39 is 0 Å². The third-order valence-electron chi connectivity index (χ3n) is 5.58. The minimum atomic E-state index is -0.0448. The van der Waals surface area contributed by atoms with E-state index in [0.717, 1.165) is 42.9 Å². The molecule has 0 atom stereocenters. The van der Waals surface area contributed by atoms with Gasteiger partial charge in [-0.15, -0.1) is 0 Å². The molecule has 0 saturated carbocycles. The second kappa shape index (κ2) is 8.28. The van der Waals surface area contributed by atoms with Crippen LogP contribution in [0.5, 0.6) is 0 Å². The molecule has 2 aromatic heterocycles. The third kappa shape index (κ3) is 4.13. The van der Waals surface area contributed by atoms with E-state index in [1.807, 2.05) is 31.2 Å². The first kappa shape index (κ1) is 20.0. The molecule has 31 heavy (non-hydrogen) atoms. The number of halogens is 1. The maximum absolute atomic E-state index is 13.0. The molecule has 2 aliphatic heterocycles. The van der Waals surface area contributed by atoms with Crippen LogP contribution in [-0.2, 0) is 17.8 Å². The lowest BCUT2D eigenvalue weighted by molar-refractivity contribution is 0.0751. The number of carbonyl (C=O) groups excluding carboxylic acids is 1. The van der Waals surface area contributed by atoms with Crippen LogP contribution in [0.3, 0.4) is 0 Å². The molecule has 3 aromatic rings. The molecular weight excluding hydrogens is 418 g/mol. The molecule has 4 heterocycles. The summed E-state index contributed by atoms with van der Waals surface area (Å²) in [5.74, 6) is 1.15. The number of carbonyl (C=O) groups is 1. The fourth-order valence-electron chi connectivity index (χ4n) is 3.98. The van der Waals surface area contributed by atoms with Crippen molar-refractivity contribution in [3.63, 3.8) is 0 Å². The van der Waals surface area contributed by atoms with Gasteiger partial charge in [0, 0.05) is 43.0 Å². The van der Waals surface area contributed by atoms with E-state index in [0.29, 0.717) is 41.1 Å². The molecule has 0 aliphatic carbocycles. The summed E-state index contributed by atoms with van der Waals surface area (Å²) < 4.78 is 10.7. The van der Waals surface area contributed by atoms with Crippen molar-refractivity contribution in [3.8, 4) is 11.3 Å². The summed E-state index contributed by atoms with van der Waals surface area (Å²) in [5, 5.41) is 7.70. The number of hydrogen-bond donors (Lipinski definition) is 1. The number of nitrogens with one attached hydrogen (secondary N) is 1. The maximum atomic E-state index is 13.0. The Morgan fingerprint density at radius 1 is 1.26 bits per heavy atom. The summed E-state index contributed by atoms with van der Waals surface area (Å²) in [6.45, 7) is 4.24. The van der Waals surface area contributed by atoms with Crippen LogP contribution in [0.15, 0.2) is 35.0 Å². The second-order valence-electron chi connectivity index (χ2n) is 7.89. The Hall–Kier alpha value is -2.97. The number of aromatic nitrogens is 3. The molecule has 1 N–H and O–H groups in total. The molecule has 1 amide bonds. The average Bonchev–Trinajstić information content (AvgIpc) is 3.33. The Labute approximate surface area is 184 Å². The van der Waals surface area contributed by atoms with Gasteiger partial charge in [-0.1, -0.05) is 28.9 Å². The van der Waals surface area contributed by atoms with E-state index in [4.69, 9.17) is 20.9 Å². The lowest BCUT2D eigenvalue weighted by Crippen LogP contribution is -2.28. The molecule has 0 unspecified atom stereocenters. The zero-order valence-electron chi connectivity index (χ0n) is 17.1. The first-order valence-electron chi connectivity index (χ1n) is 10.3. The molecule has 1 saturated heterocycles. The lowest BCUT2D eigenvalue weighted by Gasteiger charge is -2.23. The van der Waals surface area contributed by atoms with Gasteiger partial charge < -0.3 is 19.5 Å². The average molecular weight is 440 g/mol. The largest absolute Gasteiger partial charge is 0.381 e. The minimum Gasteiger partial charge on any atom is -0.381 e. The SMILES string of the molecule is Cc1cc(CN2Cc3ccc(-c4nc(NC5CCOCC5)ncc4Cl)cc3C2=O)on1. The molecule has 2 aliphatic rings. The second-order valence-corrected chi connectivity index (χ2v) is 8.30. The third-order valence-corrected chi connectivity index (χ3v) is 5.86. The molecule has 160 valence electrons. The van der Waals surface area contributed by atoms with Crippen LogP contribution < -0.4 is 5.32 Å². The van der Waals surface area contributed by atoms with Crippen molar-refractivity contribution in [2.75, 3.05) is 18.5 Å². The van der Waals surface area contributed by atoms with Crippen molar-refractivity contribution in [2.24, 2.45) is 0 Å². The minimum absolute atomic E-state index is 0.0448. The molecule has 0 bridgehead atoms. The van der Waals surface area contributed by atoms with Crippen LogP contribution >= 0.6 is 11.6 Å². The first-order valence-corrected chi connectivity index (χ1v) is 10.7. The standard InChI is InChI=1S/C22H22ClN5O3/c1-13-8-17(31-27-13)12-28-11-15-3-2-14(9-18(15)21(28)29)20-19(23)10-24-22(26-20)25-16-4-6-30-7-5-16/h2-3,8-10,16H,4-7,11-12H2,1H3,(H,24,25,26). The normalized spacial score (nSPS) is 16.6. The van der Waals surface area contributed by atoms with Crippen molar-refractivity contribution in [1.29, 1.82) is 0 Å². The topological polar surface area (TPSA) is 93.4 Å². The number of rotatable bonds is 5. The molecule has 0 radical (unpaired) electrons. The van der Waals surface area contributed by atoms with E-state index in [2.05, 4.69) is 20.4 Å². The Balaban J connectivity index is 1.38. The van der Waals surface area contributed by atoms with Gasteiger partial charge in [-0.05, 0) is 31.4 Å². The summed E-state index contributed by atoms with van der Waals surface area (Å²) in [5.41, 5.74) is 3.81. The van der Waals surface area contributed by atoms with Crippen molar-refractivity contribution in [2.45, 2.75) is 38.9 Å². The number of anilines is 1. The summed E-state index contributed by atoms with van der Waals surface area (Å²) in [4.78, 5) is 23.7. The molecule has 1 aromatic carbocycles. The Kier molecular flexibility index (Phi) is 5.33. The Morgan fingerprint density at radius 2 is 2.10 bits per heavy atom. The number of amides is 1. The van der Waals surface area contributed by atoms with Gasteiger partial charge in [0.05, 0.1) is 29.2 Å². The van der Waals surface area contributed by atoms with Crippen LogP contribution in [0.4, 0.5) is 5.95 Å². The van der Waals surface area contributed by atoms with Crippen LogP contribution in [0, 0.1) is 6.92 Å². The van der Waals surface area contributed by atoms with Gasteiger partial charge in [-0.3, -0.25) is 4.79 Å². The number of nitrogens with zero attached hydrogens (tertiary/aromatic N) is 4. The van der Waals surface area contributed by atoms with E-state index in [1.54, 1.807) is 11.1 Å². The fraction of sp³-hybridized carbons (Fsp3) is 0.364. The van der Waals surface area contributed by atoms with E-state index in [-0.39, 0.29) is 11.9 Å². The van der Waals surface area contributed by atoms with Crippen molar-refractivity contribution in [1.82, 2.24) is 20.0 Å². The highest BCUT2D eigenvalue weighted by molar-refractivity contribution is 6.33. The predicted molar refractivity (Wildman–Crippen MR) is 115 cm³/mol. The maximum Gasteiger partial charge on any atom is 0.254 e. The summed E-state index contributed by atoms with van der Waals surface area (Å²) in [6, 6.07) is 7.88. The van der Waals surface area contributed by atoms with E-state index >= 15 is 0 Å². The molecular formula is C22H22ClN5O3. The van der Waals surface area contributed by atoms with Gasteiger partial charge in [0.2, 0.25) is 5.95 Å². The highest BCUT2D eigenvalue weighted by atomic mass is 35.5. The van der Waals surface area contributed by atoms with Gasteiger partial charge >= 0.3 is 0 Å². The monoisotopic (exact) mass is 439 g/mol. The highest BCUT2D eigenvalue weighted by Gasteiger charge is 2.29. The van der Waals surface area contributed by atoms with Gasteiger partial charge in [0.1, 0.15) is 0 Å². The smallest absolute Gasteiger partial charge is 0.254 e. The summed E-state index contributed by atoms with van der Waals surface area (Å²) >= 11 is 6.41. The van der Waals surface area contributed by atoms with Crippen molar-refractivity contribution < 1.29 is 14.1 Å². The molecule has 0 spiro atoms. The number of benzene rings is 1. The van der Waals surface area contributed by atoms with E-state index in [1.165, 1.54) is 0 Å². The van der Waals surface area contributed by atoms with Gasteiger partial charge in [0.15, 0.2) is 5.76 Å². The number of ether oxygens (including phenoxy) is 1. The predicted octanol–water partition coefficient (Wildman–Crippen LogP) is 3.84. The molecule has 8 nitrogen and oxygen atoms in total. The number of fused-ring (bicyclic) bond motifs is 1. The van der Waals surface area contributed by atoms with E-state index in [9.17, 15) is 4.79 Å². The van der Waals surface area contributed by atoms with Crippen LogP contribution in [0.2, 0.25) is 5.02 Å². The Morgan fingerprint density at radius 3 is 2.87 bits per heavy atom. The zero-order valence-corrected chi connectivity index (χ0v) is 17.9. The number of aryl methyl sites for hydroxylation is 1. The summed E-state index contributed by atoms with van der Waals surface area (Å²) in [6.07, 6.45) is 3.42. The molecule has 9 heteroatoms. The van der Waals surface area contributed by atoms with Crippen molar-refractivity contribution in [3.05, 3.63) is 58.1 Å². The molecule has 5 rings (SSSR count). The van der Waals surface area contributed by atoms with Crippen molar-refractivity contribution >= 4 is 23.5 Å². The number of hydrogen-bond acceptors (Lipinski definition) is 7. The van der Waals surface area contributed by atoms with Gasteiger partial charge in [-0.2, -0.15) is 0 Å². The molecule has 1 fully saturated rings. The Bertz CT molecular complexity index is 1130. The van der Waals surface area contributed by atoms with Gasteiger partial charge in [0.25, 0.3) is 5.91 Å². The van der Waals surface area contributed by atoms with Gasteiger partial charge in [-0.25, -0.2) is 9.97 Å². The quantitative estimate of drug-likeness (QED) is 0.645.